The van der Waals surface area contributed by atoms with Crippen LogP contribution in [0.2, 0.25) is 0 Å². The minimum Gasteiger partial charge on any atom is -0.492 e. The van der Waals surface area contributed by atoms with Gasteiger partial charge in [0, 0.05) is 6.04 Å². The van der Waals surface area contributed by atoms with Crippen LogP contribution in [0, 0.1) is 6.92 Å². The average Bonchev–Trinajstić information content (AvgIpc) is 2.07. The van der Waals surface area contributed by atoms with E-state index in [0.717, 1.165) is 12.2 Å². The molecule has 2 nitrogen and oxygen atoms in total. The summed E-state index contributed by atoms with van der Waals surface area (Å²) in [5.74, 6) is 1.01. The zero-order valence-electron chi connectivity index (χ0n) is 7.21. The maximum absolute atomic E-state index is 5.79. The number of hydrogen-bond acceptors (Lipinski definition) is 2. The maximum Gasteiger partial charge on any atom is 0.122 e. The average molecular weight is 163 g/mol. The van der Waals surface area contributed by atoms with Gasteiger partial charge in [-0.15, -0.1) is 0 Å². The third-order valence-electron chi connectivity index (χ3n) is 2.29. The van der Waals surface area contributed by atoms with Crippen LogP contribution >= 0.6 is 0 Å². The third-order valence-corrected chi connectivity index (χ3v) is 2.29. The molecular formula is C10H13NO. The second kappa shape index (κ2) is 2.79. The maximum atomic E-state index is 5.79. The molecule has 0 radical (unpaired) electrons. The van der Waals surface area contributed by atoms with Crippen molar-refractivity contribution in [2.45, 2.75) is 19.4 Å². The number of nitrogens with two attached hydrogens (primary N) is 1. The number of fused-ring (bicyclic) bond motifs is 1. The van der Waals surface area contributed by atoms with Crippen molar-refractivity contribution in [1.82, 2.24) is 0 Å². The van der Waals surface area contributed by atoms with Gasteiger partial charge in [0.25, 0.3) is 0 Å². The molecule has 1 heterocycles. The number of aryl methyl sites for hydroxylation is 1. The summed E-state index contributed by atoms with van der Waals surface area (Å²) < 4.78 is 5.49. The molecule has 1 aliphatic heterocycles. The molecule has 64 valence electrons. The van der Waals surface area contributed by atoms with Crippen LogP contribution in [0.25, 0.3) is 0 Å². The van der Waals surface area contributed by atoms with Crippen molar-refractivity contribution >= 4 is 0 Å². The third kappa shape index (κ3) is 1.18. The van der Waals surface area contributed by atoms with Crippen molar-refractivity contribution in [3.63, 3.8) is 0 Å². The fourth-order valence-corrected chi connectivity index (χ4v) is 1.59. The molecule has 2 rings (SSSR count). The lowest BCUT2D eigenvalue weighted by molar-refractivity contribution is 0.263. The second-order valence-corrected chi connectivity index (χ2v) is 3.33. The van der Waals surface area contributed by atoms with E-state index in [1.165, 1.54) is 11.1 Å². The predicted octanol–water partition coefficient (Wildman–Crippen LogP) is 1.26. The van der Waals surface area contributed by atoms with Gasteiger partial charge in [-0.25, -0.2) is 0 Å². The topological polar surface area (TPSA) is 35.2 Å². The van der Waals surface area contributed by atoms with Gasteiger partial charge in [0.05, 0.1) is 0 Å². The van der Waals surface area contributed by atoms with Crippen molar-refractivity contribution in [3.05, 3.63) is 29.3 Å². The van der Waals surface area contributed by atoms with E-state index in [9.17, 15) is 0 Å². The number of hydrogen-bond donors (Lipinski definition) is 1. The summed E-state index contributed by atoms with van der Waals surface area (Å²) in [5, 5.41) is 0. The van der Waals surface area contributed by atoms with Crippen LogP contribution in [-0.4, -0.2) is 12.6 Å². The van der Waals surface area contributed by atoms with Crippen LogP contribution in [0.4, 0.5) is 0 Å². The second-order valence-electron chi connectivity index (χ2n) is 3.33. The molecule has 2 heteroatoms. The summed E-state index contributed by atoms with van der Waals surface area (Å²) in [6, 6.07) is 6.29. The van der Waals surface area contributed by atoms with E-state index in [4.69, 9.17) is 10.5 Å². The molecule has 0 aliphatic carbocycles. The van der Waals surface area contributed by atoms with E-state index in [1.54, 1.807) is 0 Å². The quantitative estimate of drug-likeness (QED) is 0.625. The standard InChI is InChI=1S/C10H13NO/c1-7-3-2-4-10-9(7)5-8(11)6-12-10/h2-4,8H,5-6,11H2,1H3/t8-/m0/s1. The van der Waals surface area contributed by atoms with Gasteiger partial charge < -0.3 is 10.5 Å². The summed E-state index contributed by atoms with van der Waals surface area (Å²) in [7, 11) is 0. The van der Waals surface area contributed by atoms with Crippen LogP contribution in [0.15, 0.2) is 18.2 Å². The van der Waals surface area contributed by atoms with Crippen molar-refractivity contribution in [3.8, 4) is 5.75 Å². The monoisotopic (exact) mass is 163 g/mol. The largest absolute Gasteiger partial charge is 0.492 e. The highest BCUT2D eigenvalue weighted by molar-refractivity contribution is 5.41. The van der Waals surface area contributed by atoms with E-state index in [-0.39, 0.29) is 6.04 Å². The lowest BCUT2D eigenvalue weighted by Gasteiger charge is -2.23. The lowest BCUT2D eigenvalue weighted by Crippen LogP contribution is -2.34. The Kier molecular flexibility index (Phi) is 1.77. The van der Waals surface area contributed by atoms with Crippen molar-refractivity contribution in [2.24, 2.45) is 5.73 Å². The molecule has 1 aliphatic rings. The smallest absolute Gasteiger partial charge is 0.122 e. The Morgan fingerprint density at radius 3 is 3.17 bits per heavy atom. The van der Waals surface area contributed by atoms with Crippen molar-refractivity contribution in [2.75, 3.05) is 6.61 Å². The predicted molar refractivity (Wildman–Crippen MR) is 48.4 cm³/mol. The van der Waals surface area contributed by atoms with E-state index in [0.29, 0.717) is 6.61 Å². The van der Waals surface area contributed by atoms with E-state index in [2.05, 4.69) is 13.0 Å². The van der Waals surface area contributed by atoms with Gasteiger partial charge in [0.15, 0.2) is 0 Å². The molecule has 1 aromatic carbocycles. The number of benzene rings is 1. The molecule has 2 N–H and O–H groups in total. The molecule has 0 bridgehead atoms. The zero-order chi connectivity index (χ0) is 8.55. The Balaban J connectivity index is 2.43. The van der Waals surface area contributed by atoms with Crippen LogP contribution in [-0.2, 0) is 6.42 Å². The van der Waals surface area contributed by atoms with Crippen LogP contribution in [0.5, 0.6) is 5.75 Å². The summed E-state index contributed by atoms with van der Waals surface area (Å²) >= 11 is 0. The van der Waals surface area contributed by atoms with Crippen LogP contribution < -0.4 is 10.5 Å². The van der Waals surface area contributed by atoms with Gasteiger partial charge in [0.1, 0.15) is 12.4 Å². The molecule has 0 spiro atoms. The Labute approximate surface area is 72.3 Å². The zero-order valence-corrected chi connectivity index (χ0v) is 7.21. The first kappa shape index (κ1) is 7.62. The number of ether oxygens (including phenoxy) is 1. The highest BCUT2D eigenvalue weighted by atomic mass is 16.5. The molecule has 1 aromatic rings. The minimum absolute atomic E-state index is 0.165. The van der Waals surface area contributed by atoms with Gasteiger partial charge in [0.2, 0.25) is 0 Å². The molecule has 0 saturated carbocycles. The SMILES string of the molecule is Cc1cccc2c1C[C@H](N)CO2. The summed E-state index contributed by atoms with van der Waals surface area (Å²) in [4.78, 5) is 0. The summed E-state index contributed by atoms with van der Waals surface area (Å²) in [5.41, 5.74) is 8.35. The van der Waals surface area contributed by atoms with Crippen LogP contribution in [0.3, 0.4) is 0 Å². The number of rotatable bonds is 0. The Morgan fingerprint density at radius 1 is 1.50 bits per heavy atom. The Morgan fingerprint density at radius 2 is 2.33 bits per heavy atom. The fourth-order valence-electron chi connectivity index (χ4n) is 1.59. The van der Waals surface area contributed by atoms with E-state index >= 15 is 0 Å². The van der Waals surface area contributed by atoms with Crippen molar-refractivity contribution in [1.29, 1.82) is 0 Å². The normalized spacial score (nSPS) is 21.3. The summed E-state index contributed by atoms with van der Waals surface area (Å²) in [6.07, 6.45) is 0.946. The van der Waals surface area contributed by atoms with Gasteiger partial charge in [-0.1, -0.05) is 12.1 Å². The highest BCUT2D eigenvalue weighted by Crippen LogP contribution is 2.26. The lowest BCUT2D eigenvalue weighted by atomic mass is 9.99. The van der Waals surface area contributed by atoms with Crippen molar-refractivity contribution < 1.29 is 4.74 Å². The van der Waals surface area contributed by atoms with Crippen LogP contribution in [0.1, 0.15) is 11.1 Å². The first-order chi connectivity index (χ1) is 5.77. The highest BCUT2D eigenvalue weighted by Gasteiger charge is 2.17. The molecule has 0 aromatic heterocycles. The molecule has 0 unspecified atom stereocenters. The van der Waals surface area contributed by atoms with Gasteiger partial charge in [-0.2, -0.15) is 0 Å². The first-order valence-electron chi connectivity index (χ1n) is 4.24. The minimum atomic E-state index is 0.165. The van der Waals surface area contributed by atoms with E-state index < -0.39 is 0 Å². The molecule has 0 fully saturated rings. The molecule has 0 amide bonds. The fraction of sp³-hybridized carbons (Fsp3) is 0.400. The van der Waals surface area contributed by atoms with E-state index in [1.807, 2.05) is 12.1 Å². The summed E-state index contributed by atoms with van der Waals surface area (Å²) in [6.45, 7) is 2.75. The van der Waals surface area contributed by atoms with Gasteiger partial charge >= 0.3 is 0 Å². The molecule has 0 saturated heterocycles. The first-order valence-corrected chi connectivity index (χ1v) is 4.24. The Bertz CT molecular complexity index is 296. The molecule has 12 heavy (non-hydrogen) atoms. The Hall–Kier alpha value is -1.02. The molecular weight excluding hydrogens is 150 g/mol. The van der Waals surface area contributed by atoms with Gasteiger partial charge in [-0.3, -0.25) is 0 Å². The molecule has 1 atom stereocenters. The van der Waals surface area contributed by atoms with Gasteiger partial charge in [-0.05, 0) is 30.5 Å².